The number of thioether (sulfide) groups is 1. The van der Waals surface area contributed by atoms with Crippen molar-refractivity contribution in [1.29, 1.82) is 0 Å². The van der Waals surface area contributed by atoms with E-state index in [1.165, 1.54) is 31.0 Å². The first kappa shape index (κ1) is 23.4. The van der Waals surface area contributed by atoms with Crippen LogP contribution in [0.1, 0.15) is 56.6 Å². The predicted molar refractivity (Wildman–Crippen MR) is 128 cm³/mol. The molecule has 1 fully saturated rings. The van der Waals surface area contributed by atoms with Crippen LogP contribution in [0.4, 0.5) is 0 Å². The summed E-state index contributed by atoms with van der Waals surface area (Å²) in [5.74, 6) is 0.312. The molecule has 0 aliphatic heterocycles. The molecular weight excluding hydrogens is 404 g/mol. The van der Waals surface area contributed by atoms with Crippen LogP contribution in [-0.2, 0) is 16.1 Å². The highest BCUT2D eigenvalue weighted by Crippen LogP contribution is 2.22. The highest BCUT2D eigenvalue weighted by molar-refractivity contribution is 8.00. The highest BCUT2D eigenvalue weighted by Gasteiger charge is 2.30. The molecule has 0 aromatic heterocycles. The van der Waals surface area contributed by atoms with Gasteiger partial charge in [-0.3, -0.25) is 9.59 Å². The van der Waals surface area contributed by atoms with Gasteiger partial charge in [-0.15, -0.1) is 11.8 Å². The van der Waals surface area contributed by atoms with Crippen LogP contribution >= 0.6 is 11.8 Å². The Balaban J connectivity index is 1.75. The maximum Gasteiger partial charge on any atom is 0.243 e. The van der Waals surface area contributed by atoms with Crippen LogP contribution in [0.5, 0.6) is 0 Å². The van der Waals surface area contributed by atoms with Gasteiger partial charge in [-0.25, -0.2) is 0 Å². The minimum atomic E-state index is -0.453. The second-order valence-electron chi connectivity index (χ2n) is 8.32. The molecule has 5 heteroatoms. The van der Waals surface area contributed by atoms with Gasteiger partial charge in [-0.2, -0.15) is 0 Å². The SMILES string of the molecule is CC[C@@H](C(=O)NC1CCCCC1)N(Cc1ccccc1C)C(=O)CSc1ccccc1. The lowest BCUT2D eigenvalue weighted by atomic mass is 9.95. The van der Waals surface area contributed by atoms with Gasteiger partial charge in [-0.05, 0) is 49.4 Å². The van der Waals surface area contributed by atoms with Crippen LogP contribution in [0.25, 0.3) is 0 Å². The molecule has 0 unspecified atom stereocenters. The predicted octanol–water partition coefficient (Wildman–Crippen LogP) is 5.34. The third kappa shape index (κ3) is 6.86. The van der Waals surface area contributed by atoms with Gasteiger partial charge in [0.25, 0.3) is 0 Å². The summed E-state index contributed by atoms with van der Waals surface area (Å²) in [5, 5.41) is 3.24. The summed E-state index contributed by atoms with van der Waals surface area (Å²) >= 11 is 1.52. The molecule has 1 aliphatic carbocycles. The van der Waals surface area contributed by atoms with Crippen molar-refractivity contribution in [2.45, 2.75) is 75.9 Å². The van der Waals surface area contributed by atoms with Crippen molar-refractivity contribution in [2.24, 2.45) is 0 Å². The fraction of sp³-hybridized carbons (Fsp3) is 0.462. The Morgan fingerprint density at radius 2 is 1.71 bits per heavy atom. The number of amides is 2. The van der Waals surface area contributed by atoms with Crippen LogP contribution in [0, 0.1) is 6.92 Å². The maximum atomic E-state index is 13.4. The Morgan fingerprint density at radius 3 is 2.39 bits per heavy atom. The lowest BCUT2D eigenvalue weighted by Crippen LogP contribution is -2.52. The number of hydrogen-bond acceptors (Lipinski definition) is 3. The van der Waals surface area contributed by atoms with E-state index in [1.807, 2.05) is 55.5 Å². The molecule has 0 bridgehead atoms. The largest absolute Gasteiger partial charge is 0.352 e. The van der Waals surface area contributed by atoms with Gasteiger partial charge in [-0.1, -0.05) is 68.7 Å². The summed E-state index contributed by atoms with van der Waals surface area (Å²) in [4.78, 5) is 29.4. The fourth-order valence-electron chi connectivity index (χ4n) is 4.18. The zero-order chi connectivity index (χ0) is 22.1. The van der Waals surface area contributed by atoms with Gasteiger partial charge < -0.3 is 10.2 Å². The average Bonchev–Trinajstić information content (AvgIpc) is 2.80. The Bertz CT molecular complexity index is 849. The van der Waals surface area contributed by atoms with Crippen LogP contribution in [0.3, 0.4) is 0 Å². The quantitative estimate of drug-likeness (QED) is 0.537. The number of carbonyl (C=O) groups excluding carboxylic acids is 2. The van der Waals surface area contributed by atoms with Crippen LogP contribution in [-0.4, -0.2) is 34.6 Å². The molecule has 0 heterocycles. The lowest BCUT2D eigenvalue weighted by molar-refractivity contribution is -0.139. The van der Waals surface area contributed by atoms with Gasteiger partial charge in [0.2, 0.25) is 11.8 Å². The van der Waals surface area contributed by atoms with E-state index in [-0.39, 0.29) is 17.9 Å². The van der Waals surface area contributed by atoms with Crippen molar-refractivity contribution < 1.29 is 9.59 Å². The second kappa shape index (κ2) is 11.9. The van der Waals surface area contributed by atoms with Crippen molar-refractivity contribution in [2.75, 3.05) is 5.75 Å². The molecule has 2 aromatic rings. The molecule has 2 aromatic carbocycles. The summed E-state index contributed by atoms with van der Waals surface area (Å²) in [5.41, 5.74) is 2.23. The van der Waals surface area contributed by atoms with E-state index >= 15 is 0 Å². The number of nitrogens with zero attached hydrogens (tertiary/aromatic N) is 1. The van der Waals surface area contributed by atoms with E-state index in [2.05, 4.69) is 18.3 Å². The van der Waals surface area contributed by atoms with E-state index in [4.69, 9.17) is 0 Å². The average molecular weight is 439 g/mol. The number of carbonyl (C=O) groups is 2. The molecule has 4 nitrogen and oxygen atoms in total. The van der Waals surface area contributed by atoms with E-state index in [1.54, 1.807) is 4.90 Å². The monoisotopic (exact) mass is 438 g/mol. The molecule has 3 rings (SSSR count). The molecule has 0 saturated heterocycles. The van der Waals surface area contributed by atoms with Gasteiger partial charge in [0, 0.05) is 17.5 Å². The van der Waals surface area contributed by atoms with Crippen molar-refractivity contribution in [3.8, 4) is 0 Å². The Labute approximate surface area is 190 Å². The second-order valence-corrected chi connectivity index (χ2v) is 9.37. The molecule has 1 N–H and O–H groups in total. The molecule has 166 valence electrons. The summed E-state index contributed by atoms with van der Waals surface area (Å²) in [6.45, 7) is 4.50. The Kier molecular flexibility index (Phi) is 9.01. The van der Waals surface area contributed by atoms with E-state index in [0.717, 1.165) is 28.9 Å². The highest BCUT2D eigenvalue weighted by atomic mass is 32.2. The normalized spacial score (nSPS) is 15.3. The van der Waals surface area contributed by atoms with Crippen molar-refractivity contribution in [3.63, 3.8) is 0 Å². The van der Waals surface area contributed by atoms with Crippen molar-refractivity contribution in [3.05, 3.63) is 65.7 Å². The molecule has 0 radical (unpaired) electrons. The first-order valence-electron chi connectivity index (χ1n) is 11.4. The number of aryl methyl sites for hydroxylation is 1. The lowest BCUT2D eigenvalue weighted by Gasteiger charge is -2.33. The first-order chi connectivity index (χ1) is 15.1. The molecule has 1 aliphatic rings. The van der Waals surface area contributed by atoms with Crippen molar-refractivity contribution in [1.82, 2.24) is 10.2 Å². The summed E-state index contributed by atoms with van der Waals surface area (Å²) in [6.07, 6.45) is 6.27. The van der Waals surface area contributed by atoms with Gasteiger partial charge >= 0.3 is 0 Å². The summed E-state index contributed by atoms with van der Waals surface area (Å²) in [6, 6.07) is 17.8. The molecule has 1 saturated carbocycles. The maximum absolute atomic E-state index is 13.4. The Hall–Kier alpha value is -2.27. The van der Waals surface area contributed by atoms with E-state index in [9.17, 15) is 9.59 Å². The van der Waals surface area contributed by atoms with Gasteiger partial charge in [0.15, 0.2) is 0 Å². The first-order valence-corrected chi connectivity index (χ1v) is 12.4. The van der Waals surface area contributed by atoms with E-state index in [0.29, 0.717) is 18.7 Å². The topological polar surface area (TPSA) is 49.4 Å². The fourth-order valence-corrected chi connectivity index (χ4v) is 4.99. The molecular formula is C26H34N2O2S. The molecule has 31 heavy (non-hydrogen) atoms. The Morgan fingerprint density at radius 1 is 1.03 bits per heavy atom. The number of rotatable bonds is 9. The smallest absolute Gasteiger partial charge is 0.243 e. The third-order valence-electron chi connectivity index (χ3n) is 6.04. The molecule has 0 spiro atoms. The van der Waals surface area contributed by atoms with Crippen LogP contribution < -0.4 is 5.32 Å². The minimum absolute atomic E-state index is 0.00255. The minimum Gasteiger partial charge on any atom is -0.352 e. The van der Waals surface area contributed by atoms with Crippen LogP contribution in [0.2, 0.25) is 0 Å². The summed E-state index contributed by atoms with van der Waals surface area (Å²) in [7, 11) is 0. The zero-order valence-corrected chi connectivity index (χ0v) is 19.5. The number of nitrogens with one attached hydrogen (secondary N) is 1. The summed E-state index contributed by atoms with van der Waals surface area (Å²) < 4.78 is 0. The van der Waals surface area contributed by atoms with Gasteiger partial charge in [0.05, 0.1) is 5.75 Å². The van der Waals surface area contributed by atoms with E-state index < -0.39 is 6.04 Å². The number of benzene rings is 2. The molecule has 1 atom stereocenters. The van der Waals surface area contributed by atoms with Crippen LogP contribution in [0.15, 0.2) is 59.5 Å². The standard InChI is InChI=1S/C26H34N2O2S/c1-3-24(26(30)27-22-14-6-4-7-15-22)28(18-21-13-11-10-12-20(21)2)25(29)19-31-23-16-8-5-9-17-23/h5,8-13,16-17,22,24H,3-4,6-7,14-15,18-19H2,1-2H3,(H,27,30)/t24-/m0/s1. The zero-order valence-electron chi connectivity index (χ0n) is 18.7. The van der Waals surface area contributed by atoms with Gasteiger partial charge in [0.1, 0.15) is 6.04 Å². The van der Waals surface area contributed by atoms with Crippen molar-refractivity contribution >= 4 is 23.6 Å². The number of hydrogen-bond donors (Lipinski definition) is 1. The molecule has 2 amide bonds. The third-order valence-corrected chi connectivity index (χ3v) is 7.04.